The first kappa shape index (κ1) is 15.5. The number of hydrogen-bond donors (Lipinski definition) is 1. The third kappa shape index (κ3) is 4.05. The van der Waals surface area contributed by atoms with Crippen molar-refractivity contribution in [3.05, 3.63) is 35.1 Å². The van der Waals surface area contributed by atoms with E-state index in [1.165, 1.54) is 31.7 Å². The molecule has 0 aromatic heterocycles. The predicted molar refractivity (Wildman–Crippen MR) is 81.2 cm³/mol. The van der Waals surface area contributed by atoms with Gasteiger partial charge < -0.3 is 5.11 Å². The molecule has 0 spiro atoms. The molecule has 0 aliphatic heterocycles. The lowest BCUT2D eigenvalue weighted by Crippen LogP contribution is -2.27. The number of benzene rings is 1. The van der Waals surface area contributed by atoms with E-state index >= 15 is 0 Å². The van der Waals surface area contributed by atoms with E-state index in [9.17, 15) is 9.50 Å². The van der Waals surface area contributed by atoms with Crippen molar-refractivity contribution in [2.75, 3.05) is 0 Å². The fourth-order valence-electron chi connectivity index (χ4n) is 3.55. The summed E-state index contributed by atoms with van der Waals surface area (Å²) in [5, 5.41) is 10.4. The van der Waals surface area contributed by atoms with Crippen LogP contribution in [0.1, 0.15) is 56.6 Å². The molecule has 1 unspecified atom stereocenters. The Morgan fingerprint density at radius 2 is 1.95 bits per heavy atom. The van der Waals surface area contributed by atoms with Crippen LogP contribution in [0.15, 0.2) is 18.2 Å². The number of aliphatic hydroxyl groups is 1. The van der Waals surface area contributed by atoms with Gasteiger partial charge in [0.05, 0.1) is 6.10 Å². The quantitative estimate of drug-likeness (QED) is 0.831. The van der Waals surface area contributed by atoms with Crippen molar-refractivity contribution in [2.45, 2.75) is 64.9 Å². The summed E-state index contributed by atoms with van der Waals surface area (Å²) in [7, 11) is 0. The minimum Gasteiger partial charge on any atom is -0.392 e. The zero-order chi connectivity index (χ0) is 14.5. The average Bonchev–Trinajstić information content (AvgIpc) is 2.43. The van der Waals surface area contributed by atoms with Crippen LogP contribution in [-0.4, -0.2) is 11.2 Å². The Kier molecular flexibility index (Phi) is 5.59. The largest absolute Gasteiger partial charge is 0.392 e. The molecular formula is C18H27FO. The molecule has 1 atom stereocenters. The average molecular weight is 278 g/mol. The topological polar surface area (TPSA) is 20.2 Å². The highest BCUT2D eigenvalue weighted by molar-refractivity contribution is 5.27. The molecule has 1 nitrogen and oxygen atoms in total. The van der Waals surface area contributed by atoms with Crippen molar-refractivity contribution >= 4 is 0 Å². The first-order valence-electron chi connectivity index (χ1n) is 8.03. The molecule has 112 valence electrons. The van der Waals surface area contributed by atoms with Gasteiger partial charge in [0.1, 0.15) is 5.82 Å². The van der Waals surface area contributed by atoms with Crippen LogP contribution in [0, 0.1) is 24.6 Å². The molecule has 1 aromatic carbocycles. The van der Waals surface area contributed by atoms with E-state index in [0.29, 0.717) is 12.3 Å². The molecule has 1 aliphatic rings. The molecule has 0 bridgehead atoms. The van der Waals surface area contributed by atoms with Gasteiger partial charge in [0.15, 0.2) is 0 Å². The molecule has 1 aliphatic carbocycles. The van der Waals surface area contributed by atoms with E-state index < -0.39 is 0 Å². The van der Waals surface area contributed by atoms with E-state index in [0.717, 1.165) is 29.9 Å². The Morgan fingerprint density at radius 3 is 2.55 bits per heavy atom. The number of aliphatic hydroxyl groups excluding tert-OH is 1. The van der Waals surface area contributed by atoms with E-state index in [2.05, 4.69) is 6.92 Å². The first-order chi connectivity index (χ1) is 9.60. The molecule has 0 saturated heterocycles. The lowest BCUT2D eigenvalue weighted by Gasteiger charge is -2.31. The van der Waals surface area contributed by atoms with E-state index in [1.54, 1.807) is 6.07 Å². The SMILES string of the molecule is CCCC1CCC(C(O)Cc2ccc(F)cc2C)CC1. The number of hydrogen-bond acceptors (Lipinski definition) is 1. The molecule has 0 amide bonds. The summed E-state index contributed by atoms with van der Waals surface area (Å²) < 4.78 is 13.1. The van der Waals surface area contributed by atoms with Gasteiger partial charge in [-0.05, 0) is 61.3 Å². The summed E-state index contributed by atoms with van der Waals surface area (Å²) in [5.41, 5.74) is 2.03. The molecule has 0 radical (unpaired) electrons. The number of aryl methyl sites for hydroxylation is 1. The Balaban J connectivity index is 1.87. The Labute approximate surface area is 122 Å². The standard InChI is InChI=1S/C18H27FO/c1-3-4-14-5-7-15(8-6-14)18(20)12-16-9-10-17(19)11-13(16)2/h9-11,14-15,18,20H,3-8,12H2,1-2H3. The van der Waals surface area contributed by atoms with E-state index in [1.807, 2.05) is 13.0 Å². The number of halogens is 1. The third-order valence-electron chi connectivity index (χ3n) is 4.87. The van der Waals surface area contributed by atoms with E-state index in [-0.39, 0.29) is 11.9 Å². The fraction of sp³-hybridized carbons (Fsp3) is 0.667. The van der Waals surface area contributed by atoms with Gasteiger partial charge in [-0.25, -0.2) is 4.39 Å². The second-order valence-corrected chi connectivity index (χ2v) is 6.41. The van der Waals surface area contributed by atoms with Crippen LogP contribution in [0.25, 0.3) is 0 Å². The van der Waals surface area contributed by atoms with Crippen molar-refractivity contribution in [3.8, 4) is 0 Å². The van der Waals surface area contributed by atoms with Crippen molar-refractivity contribution in [2.24, 2.45) is 11.8 Å². The van der Waals surface area contributed by atoms with Crippen molar-refractivity contribution in [3.63, 3.8) is 0 Å². The maximum atomic E-state index is 13.1. The van der Waals surface area contributed by atoms with Gasteiger partial charge in [0.2, 0.25) is 0 Å². The van der Waals surface area contributed by atoms with Crippen LogP contribution in [0.5, 0.6) is 0 Å². The second-order valence-electron chi connectivity index (χ2n) is 6.41. The first-order valence-corrected chi connectivity index (χ1v) is 8.03. The van der Waals surface area contributed by atoms with Gasteiger partial charge in [-0.1, -0.05) is 38.7 Å². The molecule has 1 saturated carbocycles. The summed E-state index contributed by atoms with van der Waals surface area (Å²) in [6.45, 7) is 4.17. The summed E-state index contributed by atoms with van der Waals surface area (Å²) in [6.07, 6.45) is 7.80. The molecular weight excluding hydrogens is 251 g/mol. The fourth-order valence-corrected chi connectivity index (χ4v) is 3.55. The lowest BCUT2D eigenvalue weighted by molar-refractivity contribution is 0.0727. The van der Waals surface area contributed by atoms with Crippen LogP contribution in [0.4, 0.5) is 4.39 Å². The van der Waals surface area contributed by atoms with Crippen LogP contribution in [-0.2, 0) is 6.42 Å². The van der Waals surface area contributed by atoms with Crippen LogP contribution in [0.3, 0.4) is 0 Å². The lowest BCUT2D eigenvalue weighted by atomic mass is 9.76. The molecule has 2 heteroatoms. The third-order valence-corrected chi connectivity index (χ3v) is 4.87. The van der Waals surface area contributed by atoms with Crippen LogP contribution >= 0.6 is 0 Å². The molecule has 20 heavy (non-hydrogen) atoms. The zero-order valence-corrected chi connectivity index (χ0v) is 12.7. The molecule has 1 aromatic rings. The minimum absolute atomic E-state index is 0.194. The van der Waals surface area contributed by atoms with E-state index in [4.69, 9.17) is 0 Å². The highest BCUT2D eigenvalue weighted by Crippen LogP contribution is 2.34. The van der Waals surface area contributed by atoms with Gasteiger partial charge in [0, 0.05) is 0 Å². The highest BCUT2D eigenvalue weighted by Gasteiger charge is 2.26. The summed E-state index contributed by atoms with van der Waals surface area (Å²) in [6, 6.07) is 4.87. The zero-order valence-electron chi connectivity index (χ0n) is 12.7. The minimum atomic E-state index is -0.276. The van der Waals surface area contributed by atoms with Gasteiger partial charge in [-0.2, -0.15) is 0 Å². The smallest absolute Gasteiger partial charge is 0.123 e. The maximum Gasteiger partial charge on any atom is 0.123 e. The normalized spacial score (nSPS) is 24.6. The summed E-state index contributed by atoms with van der Waals surface area (Å²) in [4.78, 5) is 0. The Bertz CT molecular complexity index is 421. The van der Waals surface area contributed by atoms with Crippen molar-refractivity contribution < 1.29 is 9.50 Å². The second kappa shape index (κ2) is 7.21. The van der Waals surface area contributed by atoms with Gasteiger partial charge in [-0.3, -0.25) is 0 Å². The van der Waals surface area contributed by atoms with Crippen molar-refractivity contribution in [1.29, 1.82) is 0 Å². The predicted octanol–water partition coefficient (Wildman–Crippen LogP) is 4.64. The maximum absolute atomic E-state index is 13.1. The number of rotatable bonds is 5. The molecule has 1 fully saturated rings. The van der Waals surface area contributed by atoms with Crippen LogP contribution < -0.4 is 0 Å². The molecule has 2 rings (SSSR count). The van der Waals surface area contributed by atoms with Gasteiger partial charge in [-0.15, -0.1) is 0 Å². The van der Waals surface area contributed by atoms with Crippen LogP contribution in [0.2, 0.25) is 0 Å². The van der Waals surface area contributed by atoms with Crippen molar-refractivity contribution in [1.82, 2.24) is 0 Å². The molecule has 1 N–H and O–H groups in total. The van der Waals surface area contributed by atoms with Gasteiger partial charge in [0.25, 0.3) is 0 Å². The highest BCUT2D eigenvalue weighted by atomic mass is 19.1. The summed E-state index contributed by atoms with van der Waals surface area (Å²) >= 11 is 0. The Hall–Kier alpha value is -0.890. The molecule has 0 heterocycles. The monoisotopic (exact) mass is 278 g/mol. The summed E-state index contributed by atoms with van der Waals surface area (Å²) in [5.74, 6) is 1.10. The van der Waals surface area contributed by atoms with Gasteiger partial charge >= 0.3 is 0 Å². The Morgan fingerprint density at radius 1 is 1.25 bits per heavy atom.